The lowest BCUT2D eigenvalue weighted by Crippen LogP contribution is -2.19. The third-order valence-electron chi connectivity index (χ3n) is 0.678. The Labute approximate surface area is 59.7 Å². The van der Waals surface area contributed by atoms with Crippen LogP contribution in [-0.2, 0) is 14.4 Å². The number of ketones is 1. The molecule has 4 nitrogen and oxygen atoms in total. The molecule has 0 aromatic carbocycles. The van der Waals surface area contributed by atoms with E-state index in [1.807, 2.05) is 0 Å². The molecule has 10 heavy (non-hydrogen) atoms. The second-order valence-corrected chi connectivity index (χ2v) is 2.15. The highest BCUT2D eigenvalue weighted by Gasteiger charge is 2.06. The minimum Gasteiger partial charge on any atom is -0.368 e. The summed E-state index contributed by atoms with van der Waals surface area (Å²) in [5.74, 6) is -0.704. The van der Waals surface area contributed by atoms with E-state index < -0.39 is 5.97 Å². The van der Waals surface area contributed by atoms with Gasteiger partial charge >= 0.3 is 5.97 Å². The highest BCUT2D eigenvalue weighted by Crippen LogP contribution is 1.88. The van der Waals surface area contributed by atoms with Crippen molar-refractivity contribution in [3.05, 3.63) is 0 Å². The van der Waals surface area contributed by atoms with Gasteiger partial charge in [0.05, 0.1) is 0 Å². The van der Waals surface area contributed by atoms with Crippen LogP contribution in [0.4, 0.5) is 0 Å². The molecule has 0 rings (SSSR count). The second kappa shape index (κ2) is 4.00. The van der Waals surface area contributed by atoms with Gasteiger partial charge in [0.15, 0.2) is 0 Å². The van der Waals surface area contributed by atoms with Crippen molar-refractivity contribution >= 4 is 11.8 Å². The number of carbonyl (C=O) groups excluding carboxylic acids is 2. The first-order chi connectivity index (χ1) is 4.52. The van der Waals surface area contributed by atoms with Gasteiger partial charge in [-0.3, -0.25) is 4.79 Å². The van der Waals surface area contributed by atoms with E-state index >= 15 is 0 Å². The summed E-state index contributed by atoms with van der Waals surface area (Å²) in [5, 5.41) is 1.26. The quantitative estimate of drug-likeness (QED) is 0.414. The van der Waals surface area contributed by atoms with Gasteiger partial charge in [-0.2, -0.15) is 0 Å². The van der Waals surface area contributed by atoms with E-state index in [1.54, 1.807) is 14.1 Å². The lowest BCUT2D eigenvalue weighted by atomic mass is 10.3. The minimum absolute atomic E-state index is 0.155. The Morgan fingerprint density at radius 3 is 2.20 bits per heavy atom. The normalized spacial score (nSPS) is 9.60. The van der Waals surface area contributed by atoms with Crippen LogP contribution >= 0.6 is 0 Å². The predicted molar refractivity (Wildman–Crippen MR) is 35.1 cm³/mol. The Morgan fingerprint density at radius 1 is 1.40 bits per heavy atom. The maximum absolute atomic E-state index is 10.6. The van der Waals surface area contributed by atoms with Crippen molar-refractivity contribution in [3.8, 4) is 0 Å². The maximum atomic E-state index is 10.6. The van der Waals surface area contributed by atoms with E-state index in [2.05, 4.69) is 4.84 Å². The molecule has 0 saturated heterocycles. The van der Waals surface area contributed by atoms with Gasteiger partial charge in [0.25, 0.3) is 0 Å². The van der Waals surface area contributed by atoms with Gasteiger partial charge in [-0.15, -0.1) is 5.06 Å². The van der Waals surface area contributed by atoms with Crippen LogP contribution in [-0.4, -0.2) is 30.9 Å². The fraction of sp³-hybridized carbons (Fsp3) is 0.667. The van der Waals surface area contributed by atoms with E-state index in [9.17, 15) is 9.59 Å². The van der Waals surface area contributed by atoms with Gasteiger partial charge in [-0.1, -0.05) is 0 Å². The molecule has 0 aliphatic heterocycles. The zero-order valence-electron chi connectivity index (χ0n) is 6.38. The van der Waals surface area contributed by atoms with Crippen molar-refractivity contribution in [2.45, 2.75) is 13.3 Å². The molecular weight excluding hydrogens is 134 g/mol. The molecule has 0 aromatic heterocycles. The van der Waals surface area contributed by atoms with Crippen molar-refractivity contribution in [2.24, 2.45) is 0 Å². The highest BCUT2D eigenvalue weighted by molar-refractivity contribution is 5.93. The van der Waals surface area contributed by atoms with Gasteiger partial charge in [-0.25, -0.2) is 4.79 Å². The zero-order chi connectivity index (χ0) is 8.15. The summed E-state index contributed by atoms with van der Waals surface area (Å²) in [7, 11) is 3.16. The van der Waals surface area contributed by atoms with E-state index in [4.69, 9.17) is 0 Å². The van der Waals surface area contributed by atoms with Gasteiger partial charge in [0.1, 0.15) is 12.2 Å². The molecule has 0 amide bonds. The van der Waals surface area contributed by atoms with Crippen LogP contribution in [0.3, 0.4) is 0 Å². The molecule has 0 aliphatic carbocycles. The molecular formula is C6H11NO3. The summed E-state index contributed by atoms with van der Waals surface area (Å²) in [4.78, 5) is 25.4. The molecule has 0 unspecified atom stereocenters. The Hall–Kier alpha value is -0.900. The third-order valence-corrected chi connectivity index (χ3v) is 0.678. The number of hydrogen-bond acceptors (Lipinski definition) is 4. The number of hydrogen-bond donors (Lipinski definition) is 0. The smallest absolute Gasteiger partial charge is 0.332 e. The van der Waals surface area contributed by atoms with E-state index in [0.717, 1.165) is 0 Å². The number of nitrogens with zero attached hydrogens (tertiary/aromatic N) is 1. The summed E-state index contributed by atoms with van der Waals surface area (Å²) in [6.07, 6.45) is -0.155. The summed E-state index contributed by atoms with van der Waals surface area (Å²) >= 11 is 0. The zero-order valence-corrected chi connectivity index (χ0v) is 6.38. The first kappa shape index (κ1) is 9.10. The van der Waals surface area contributed by atoms with Gasteiger partial charge in [-0.05, 0) is 6.92 Å². The van der Waals surface area contributed by atoms with E-state index in [1.165, 1.54) is 12.0 Å². The fourth-order valence-electron chi connectivity index (χ4n) is 0.439. The van der Waals surface area contributed by atoms with Crippen LogP contribution in [0.1, 0.15) is 13.3 Å². The van der Waals surface area contributed by atoms with Gasteiger partial charge < -0.3 is 4.84 Å². The molecule has 0 bridgehead atoms. The molecule has 0 heterocycles. The van der Waals surface area contributed by atoms with Crippen LogP contribution in [0, 0.1) is 0 Å². The van der Waals surface area contributed by atoms with E-state index in [-0.39, 0.29) is 12.2 Å². The largest absolute Gasteiger partial charge is 0.368 e. The van der Waals surface area contributed by atoms with E-state index in [0.29, 0.717) is 0 Å². The summed E-state index contributed by atoms with van der Waals surface area (Å²) < 4.78 is 0. The molecule has 0 N–H and O–H groups in total. The second-order valence-electron chi connectivity index (χ2n) is 2.15. The number of hydroxylamine groups is 2. The average molecular weight is 145 g/mol. The van der Waals surface area contributed by atoms with Crippen molar-refractivity contribution < 1.29 is 14.4 Å². The lowest BCUT2D eigenvalue weighted by molar-refractivity contribution is -0.178. The number of Topliss-reactive ketones (excluding diaryl/α,β-unsaturated/α-hetero) is 1. The molecule has 4 heteroatoms. The highest BCUT2D eigenvalue weighted by atomic mass is 16.7. The van der Waals surface area contributed by atoms with Crippen molar-refractivity contribution in [3.63, 3.8) is 0 Å². The number of carbonyl (C=O) groups is 2. The molecule has 0 saturated carbocycles. The summed E-state index contributed by atoms with van der Waals surface area (Å²) in [6, 6.07) is 0. The molecule has 0 aromatic rings. The van der Waals surface area contributed by atoms with Crippen molar-refractivity contribution in [2.75, 3.05) is 14.1 Å². The van der Waals surface area contributed by atoms with Crippen molar-refractivity contribution in [1.82, 2.24) is 5.06 Å². The molecule has 0 fully saturated rings. The van der Waals surface area contributed by atoms with Gasteiger partial charge in [0, 0.05) is 14.1 Å². The van der Waals surface area contributed by atoms with Crippen LogP contribution in [0.5, 0.6) is 0 Å². The van der Waals surface area contributed by atoms with Gasteiger partial charge in [0.2, 0.25) is 0 Å². The van der Waals surface area contributed by atoms with Crippen molar-refractivity contribution in [1.29, 1.82) is 0 Å². The predicted octanol–water partition coefficient (Wildman–Crippen LogP) is -0.0147. The third kappa shape index (κ3) is 5.24. The Balaban J connectivity index is 3.54. The first-order valence-electron chi connectivity index (χ1n) is 2.90. The number of rotatable bonds is 3. The average Bonchev–Trinajstić information content (AvgIpc) is 1.58. The standard InChI is InChI=1S/C6H11NO3/c1-5(8)4-6(9)10-7(2)3/h4H2,1-3H3. The minimum atomic E-state index is -0.516. The van der Waals surface area contributed by atoms with Crippen LogP contribution in [0.25, 0.3) is 0 Å². The molecule has 0 radical (unpaired) electrons. The Morgan fingerprint density at radius 2 is 1.90 bits per heavy atom. The molecule has 0 atom stereocenters. The SMILES string of the molecule is CC(=O)CC(=O)ON(C)C. The first-order valence-corrected chi connectivity index (χ1v) is 2.90. The fourth-order valence-corrected chi connectivity index (χ4v) is 0.439. The Kier molecular flexibility index (Phi) is 3.64. The van der Waals surface area contributed by atoms with Crippen LogP contribution < -0.4 is 0 Å². The molecule has 0 spiro atoms. The van der Waals surface area contributed by atoms with Crippen LogP contribution in [0.2, 0.25) is 0 Å². The topological polar surface area (TPSA) is 46.6 Å². The molecule has 0 aliphatic rings. The van der Waals surface area contributed by atoms with Crippen LogP contribution in [0.15, 0.2) is 0 Å². The Bertz CT molecular complexity index is 142. The summed E-state index contributed by atoms with van der Waals surface area (Å²) in [5.41, 5.74) is 0. The monoisotopic (exact) mass is 145 g/mol. The maximum Gasteiger partial charge on any atom is 0.332 e. The lowest BCUT2D eigenvalue weighted by Gasteiger charge is -2.07. The summed E-state index contributed by atoms with van der Waals surface area (Å²) in [6.45, 7) is 1.34. The molecule has 58 valence electrons.